The molecule has 1 heterocycles. The van der Waals surface area contributed by atoms with Crippen LogP contribution in [0.1, 0.15) is 24.2 Å². The van der Waals surface area contributed by atoms with Gasteiger partial charge in [-0.25, -0.2) is 4.68 Å². The Morgan fingerprint density at radius 3 is 2.68 bits per heavy atom. The molecule has 19 heavy (non-hydrogen) atoms. The van der Waals surface area contributed by atoms with E-state index in [0.29, 0.717) is 23.2 Å². The molecule has 1 N–H and O–H groups in total. The maximum absolute atomic E-state index is 12.0. The van der Waals surface area contributed by atoms with Crippen molar-refractivity contribution >= 4 is 17.5 Å². The highest BCUT2D eigenvalue weighted by Gasteiger charge is 2.16. The van der Waals surface area contributed by atoms with Gasteiger partial charge in [-0.15, -0.1) is 0 Å². The first-order chi connectivity index (χ1) is 9.09. The van der Waals surface area contributed by atoms with Gasteiger partial charge in [-0.2, -0.15) is 5.10 Å². The largest absolute Gasteiger partial charge is 0.352 e. The van der Waals surface area contributed by atoms with Crippen molar-refractivity contribution in [3.8, 4) is 5.69 Å². The van der Waals surface area contributed by atoms with Crippen molar-refractivity contribution in [1.29, 1.82) is 0 Å². The van der Waals surface area contributed by atoms with Crippen LogP contribution in [0.2, 0.25) is 5.15 Å². The summed E-state index contributed by atoms with van der Waals surface area (Å²) in [6.45, 7) is 4.69. The molecule has 5 heteroatoms. The first-order valence-corrected chi connectivity index (χ1v) is 6.54. The van der Waals surface area contributed by atoms with E-state index in [1.54, 1.807) is 4.68 Å². The second-order valence-electron chi connectivity index (χ2n) is 4.70. The average Bonchev–Trinajstić information content (AvgIpc) is 2.79. The number of nitrogens with one attached hydrogen (secondary N) is 1. The van der Waals surface area contributed by atoms with Crippen molar-refractivity contribution in [3.05, 3.63) is 47.2 Å². The van der Waals surface area contributed by atoms with Crippen LogP contribution in [0.25, 0.3) is 5.69 Å². The zero-order valence-electron chi connectivity index (χ0n) is 10.9. The third kappa shape index (κ3) is 3.15. The van der Waals surface area contributed by atoms with Crippen molar-refractivity contribution in [2.45, 2.75) is 13.8 Å². The third-order valence-corrected chi connectivity index (χ3v) is 2.99. The molecule has 0 saturated heterocycles. The van der Waals surface area contributed by atoms with E-state index in [0.717, 1.165) is 5.69 Å². The monoisotopic (exact) mass is 277 g/mol. The van der Waals surface area contributed by atoms with Gasteiger partial charge in [0.25, 0.3) is 5.91 Å². The highest BCUT2D eigenvalue weighted by Crippen LogP contribution is 2.19. The Labute approximate surface area is 117 Å². The molecule has 0 unspecified atom stereocenters. The quantitative estimate of drug-likeness (QED) is 0.934. The number of hydrogen-bond acceptors (Lipinski definition) is 2. The number of rotatable bonds is 4. The van der Waals surface area contributed by atoms with Crippen LogP contribution in [0.4, 0.5) is 0 Å². The summed E-state index contributed by atoms with van der Waals surface area (Å²) in [6.07, 6.45) is 1.49. The highest BCUT2D eigenvalue weighted by molar-refractivity contribution is 6.33. The lowest BCUT2D eigenvalue weighted by atomic mass is 10.2. The van der Waals surface area contributed by atoms with E-state index in [1.165, 1.54) is 6.20 Å². The van der Waals surface area contributed by atoms with Crippen LogP contribution < -0.4 is 5.32 Å². The number of nitrogens with zero attached hydrogens (tertiary/aromatic N) is 2. The van der Waals surface area contributed by atoms with E-state index >= 15 is 0 Å². The van der Waals surface area contributed by atoms with Crippen LogP contribution in [-0.4, -0.2) is 22.2 Å². The predicted octanol–water partition coefficient (Wildman–Crippen LogP) is 2.91. The van der Waals surface area contributed by atoms with E-state index in [4.69, 9.17) is 11.6 Å². The van der Waals surface area contributed by atoms with Crippen molar-refractivity contribution in [2.24, 2.45) is 5.92 Å². The Hall–Kier alpha value is -1.81. The molecule has 1 aromatic heterocycles. The summed E-state index contributed by atoms with van der Waals surface area (Å²) in [7, 11) is 0. The lowest BCUT2D eigenvalue weighted by molar-refractivity contribution is 0.0949. The number of para-hydroxylation sites is 1. The summed E-state index contributed by atoms with van der Waals surface area (Å²) in [4.78, 5) is 12.0. The maximum Gasteiger partial charge on any atom is 0.256 e. The van der Waals surface area contributed by atoms with Crippen LogP contribution in [0.5, 0.6) is 0 Å². The molecule has 0 radical (unpaired) electrons. The van der Waals surface area contributed by atoms with Gasteiger partial charge in [-0.3, -0.25) is 4.79 Å². The molecule has 0 atom stereocenters. The predicted molar refractivity (Wildman–Crippen MR) is 75.7 cm³/mol. The van der Waals surface area contributed by atoms with E-state index in [2.05, 4.69) is 10.4 Å². The fourth-order valence-electron chi connectivity index (χ4n) is 1.63. The van der Waals surface area contributed by atoms with Crippen molar-refractivity contribution in [3.63, 3.8) is 0 Å². The number of aromatic nitrogens is 2. The summed E-state index contributed by atoms with van der Waals surface area (Å²) in [5.74, 6) is 0.202. The Bertz CT molecular complexity index is 563. The molecule has 1 amide bonds. The minimum absolute atomic E-state index is 0.194. The van der Waals surface area contributed by atoms with Crippen LogP contribution in [0, 0.1) is 5.92 Å². The zero-order valence-corrected chi connectivity index (χ0v) is 11.7. The SMILES string of the molecule is CC(C)CNC(=O)c1cnn(-c2ccccc2)c1Cl. The minimum Gasteiger partial charge on any atom is -0.352 e. The summed E-state index contributed by atoms with van der Waals surface area (Å²) in [6, 6.07) is 9.47. The fraction of sp³-hybridized carbons (Fsp3) is 0.286. The van der Waals surface area contributed by atoms with E-state index in [-0.39, 0.29) is 5.91 Å². The van der Waals surface area contributed by atoms with E-state index < -0.39 is 0 Å². The normalized spacial score (nSPS) is 10.7. The van der Waals surface area contributed by atoms with Gasteiger partial charge in [0, 0.05) is 6.54 Å². The first kappa shape index (κ1) is 13.6. The molecule has 2 aromatic rings. The van der Waals surface area contributed by atoms with Crippen LogP contribution in [-0.2, 0) is 0 Å². The molecule has 0 fully saturated rings. The molecular weight excluding hydrogens is 262 g/mol. The van der Waals surface area contributed by atoms with Gasteiger partial charge in [0.1, 0.15) is 5.15 Å². The van der Waals surface area contributed by atoms with Crippen molar-refractivity contribution in [1.82, 2.24) is 15.1 Å². The van der Waals surface area contributed by atoms with Gasteiger partial charge < -0.3 is 5.32 Å². The summed E-state index contributed by atoms with van der Waals surface area (Å²) in [5.41, 5.74) is 1.22. The van der Waals surface area contributed by atoms with Crippen LogP contribution in [0.3, 0.4) is 0 Å². The van der Waals surface area contributed by atoms with Gasteiger partial charge in [-0.05, 0) is 18.1 Å². The number of amides is 1. The van der Waals surface area contributed by atoms with Gasteiger partial charge in [0.15, 0.2) is 0 Å². The number of hydrogen-bond donors (Lipinski definition) is 1. The minimum atomic E-state index is -0.194. The zero-order chi connectivity index (χ0) is 13.8. The lowest BCUT2D eigenvalue weighted by Gasteiger charge is -2.07. The smallest absolute Gasteiger partial charge is 0.256 e. The molecule has 0 aliphatic heterocycles. The van der Waals surface area contributed by atoms with Crippen molar-refractivity contribution in [2.75, 3.05) is 6.54 Å². The standard InChI is InChI=1S/C14H16ClN3O/c1-10(2)8-16-14(19)12-9-17-18(13(12)15)11-6-4-3-5-7-11/h3-7,9-10H,8H2,1-2H3,(H,16,19). The van der Waals surface area contributed by atoms with Crippen LogP contribution >= 0.6 is 11.6 Å². The molecular formula is C14H16ClN3O. The summed E-state index contributed by atoms with van der Waals surface area (Å²) < 4.78 is 1.55. The summed E-state index contributed by atoms with van der Waals surface area (Å²) in [5, 5.41) is 7.31. The Morgan fingerprint density at radius 1 is 1.37 bits per heavy atom. The fourth-order valence-corrected chi connectivity index (χ4v) is 1.90. The second-order valence-corrected chi connectivity index (χ2v) is 5.06. The van der Waals surface area contributed by atoms with Gasteiger partial charge in [-0.1, -0.05) is 43.6 Å². The highest BCUT2D eigenvalue weighted by atomic mass is 35.5. The number of carbonyl (C=O) groups is 1. The van der Waals surface area contributed by atoms with E-state index in [9.17, 15) is 4.79 Å². The molecule has 0 bridgehead atoms. The molecule has 1 aromatic carbocycles. The first-order valence-electron chi connectivity index (χ1n) is 6.16. The maximum atomic E-state index is 12.0. The molecule has 4 nitrogen and oxygen atoms in total. The molecule has 100 valence electrons. The van der Waals surface area contributed by atoms with E-state index in [1.807, 2.05) is 44.2 Å². The average molecular weight is 278 g/mol. The number of benzene rings is 1. The summed E-state index contributed by atoms with van der Waals surface area (Å²) >= 11 is 6.21. The molecule has 0 aliphatic carbocycles. The second kappa shape index (κ2) is 5.89. The Balaban J connectivity index is 2.21. The molecule has 0 saturated carbocycles. The number of carbonyl (C=O) groups excluding carboxylic acids is 1. The van der Waals surface area contributed by atoms with Gasteiger partial charge in [0.2, 0.25) is 0 Å². The third-order valence-electron chi connectivity index (χ3n) is 2.63. The molecule has 0 aliphatic rings. The van der Waals surface area contributed by atoms with Crippen molar-refractivity contribution < 1.29 is 4.79 Å². The van der Waals surface area contributed by atoms with Gasteiger partial charge >= 0.3 is 0 Å². The topological polar surface area (TPSA) is 46.9 Å². The Morgan fingerprint density at radius 2 is 2.05 bits per heavy atom. The van der Waals surface area contributed by atoms with Crippen LogP contribution in [0.15, 0.2) is 36.5 Å². The lowest BCUT2D eigenvalue weighted by Crippen LogP contribution is -2.27. The molecule has 0 spiro atoms. The Kier molecular flexibility index (Phi) is 4.22. The number of halogens is 1. The molecule has 2 rings (SSSR count). The van der Waals surface area contributed by atoms with Gasteiger partial charge in [0.05, 0.1) is 17.4 Å².